The Kier molecular flexibility index (Phi) is 3.71. The number of nitrogens with zero attached hydrogens (tertiary/aromatic N) is 3. The summed E-state index contributed by atoms with van der Waals surface area (Å²) in [5.41, 5.74) is 11.2. The molecule has 2 fully saturated rings. The van der Waals surface area contributed by atoms with Crippen molar-refractivity contribution in [3.8, 4) is 0 Å². The molecule has 3 rings (SSSR count). The molecule has 2 heterocycles. The maximum absolute atomic E-state index is 12.4. The Morgan fingerprint density at radius 2 is 1.76 bits per heavy atom. The third-order valence-corrected chi connectivity index (χ3v) is 4.87. The van der Waals surface area contributed by atoms with Crippen LogP contribution < -0.4 is 11.5 Å². The number of carbonyl (C=O) groups excluding carboxylic acids is 2. The number of carbonyl (C=O) groups is 2. The molecule has 0 bridgehead atoms. The van der Waals surface area contributed by atoms with Gasteiger partial charge in [0.15, 0.2) is 5.16 Å². The maximum atomic E-state index is 12.4. The zero-order valence-corrected chi connectivity index (χ0v) is 12.3. The van der Waals surface area contributed by atoms with Gasteiger partial charge in [0.05, 0.1) is 0 Å². The minimum absolute atomic E-state index is 0.0717. The molecule has 112 valence electrons. The number of amides is 2. The van der Waals surface area contributed by atoms with Crippen LogP contribution in [0.2, 0.25) is 0 Å². The normalized spacial score (nSPS) is 23.2. The smallest absolute Gasteiger partial charge is 0.243 e. The summed E-state index contributed by atoms with van der Waals surface area (Å²) in [6.45, 7) is 0. The predicted molar refractivity (Wildman–Crippen MR) is 79.2 cm³/mol. The van der Waals surface area contributed by atoms with Crippen LogP contribution in [0.3, 0.4) is 0 Å². The van der Waals surface area contributed by atoms with Crippen LogP contribution in [0.4, 0.5) is 11.6 Å². The van der Waals surface area contributed by atoms with Gasteiger partial charge in [0, 0.05) is 18.5 Å². The fourth-order valence-corrected chi connectivity index (χ4v) is 3.91. The quantitative estimate of drug-likeness (QED) is 0.627. The minimum Gasteiger partial charge on any atom is -0.383 e. The number of thioether (sulfide) groups is 1. The lowest BCUT2D eigenvalue weighted by Gasteiger charge is -2.21. The summed E-state index contributed by atoms with van der Waals surface area (Å²) in [7, 11) is 0. The van der Waals surface area contributed by atoms with Crippen LogP contribution in [0.15, 0.2) is 11.2 Å². The number of likely N-dealkylation sites (tertiary alicyclic amines) is 1. The highest BCUT2D eigenvalue weighted by Gasteiger charge is 2.43. The molecule has 4 N–H and O–H groups in total. The van der Waals surface area contributed by atoms with E-state index in [1.807, 2.05) is 0 Å². The first-order valence-electron chi connectivity index (χ1n) is 6.97. The third kappa shape index (κ3) is 2.80. The molecule has 21 heavy (non-hydrogen) atoms. The lowest BCUT2D eigenvalue weighted by Crippen LogP contribution is -2.39. The summed E-state index contributed by atoms with van der Waals surface area (Å²) in [5, 5.41) is -0.133. The molecule has 0 aromatic carbocycles. The first-order chi connectivity index (χ1) is 10.0. The highest BCUT2D eigenvalue weighted by molar-refractivity contribution is 8.00. The van der Waals surface area contributed by atoms with Crippen molar-refractivity contribution < 1.29 is 9.59 Å². The van der Waals surface area contributed by atoms with Crippen LogP contribution >= 0.6 is 11.8 Å². The van der Waals surface area contributed by atoms with Crippen molar-refractivity contribution in [3.05, 3.63) is 6.07 Å². The summed E-state index contributed by atoms with van der Waals surface area (Å²) < 4.78 is 0. The predicted octanol–water partition coefficient (Wildman–Crippen LogP) is 0.803. The molecular formula is C13H17N5O2S. The summed E-state index contributed by atoms with van der Waals surface area (Å²) in [4.78, 5) is 34.1. The number of nitrogens with two attached hydrogens (primary N) is 2. The Labute approximate surface area is 126 Å². The molecule has 1 atom stereocenters. The highest BCUT2D eigenvalue weighted by Crippen LogP contribution is 2.34. The summed E-state index contributed by atoms with van der Waals surface area (Å²) >= 11 is 1.16. The van der Waals surface area contributed by atoms with Crippen molar-refractivity contribution in [3.63, 3.8) is 0 Å². The SMILES string of the molecule is Nc1cc(N)nc(SC2CC(=O)N(C3CCCC3)C2=O)n1. The minimum atomic E-state index is -0.473. The van der Waals surface area contributed by atoms with Crippen molar-refractivity contribution in [1.29, 1.82) is 0 Å². The van der Waals surface area contributed by atoms with E-state index in [4.69, 9.17) is 11.5 Å². The second-order valence-corrected chi connectivity index (χ2v) is 6.52. The summed E-state index contributed by atoms with van der Waals surface area (Å²) in [5.74, 6) is 0.284. The molecule has 1 aliphatic heterocycles. The van der Waals surface area contributed by atoms with E-state index in [1.54, 1.807) is 0 Å². The average Bonchev–Trinajstić information content (AvgIpc) is 2.98. The van der Waals surface area contributed by atoms with E-state index < -0.39 is 5.25 Å². The zero-order valence-electron chi connectivity index (χ0n) is 11.5. The molecule has 1 saturated carbocycles. The van der Waals surface area contributed by atoms with Gasteiger partial charge in [-0.15, -0.1) is 0 Å². The van der Waals surface area contributed by atoms with Gasteiger partial charge in [0.25, 0.3) is 0 Å². The molecule has 2 amide bonds. The van der Waals surface area contributed by atoms with Crippen LogP contribution in [-0.4, -0.2) is 38.0 Å². The fourth-order valence-electron chi connectivity index (χ4n) is 2.90. The van der Waals surface area contributed by atoms with Crippen LogP contribution in [0.5, 0.6) is 0 Å². The van der Waals surface area contributed by atoms with Crippen molar-refractivity contribution in [2.24, 2.45) is 0 Å². The topological polar surface area (TPSA) is 115 Å². The molecule has 1 unspecified atom stereocenters. The summed E-state index contributed by atoms with van der Waals surface area (Å²) in [6.07, 6.45) is 4.17. The van der Waals surface area contributed by atoms with E-state index in [1.165, 1.54) is 11.0 Å². The number of aromatic nitrogens is 2. The number of hydrogen-bond acceptors (Lipinski definition) is 7. The van der Waals surface area contributed by atoms with E-state index in [-0.39, 0.29) is 35.9 Å². The van der Waals surface area contributed by atoms with Gasteiger partial charge in [-0.25, -0.2) is 9.97 Å². The largest absolute Gasteiger partial charge is 0.383 e. The summed E-state index contributed by atoms with van der Waals surface area (Å²) in [6, 6.07) is 1.53. The second-order valence-electron chi connectivity index (χ2n) is 5.35. The van der Waals surface area contributed by atoms with Crippen molar-refractivity contribution in [2.45, 2.75) is 48.6 Å². The molecule has 0 radical (unpaired) electrons. The van der Waals surface area contributed by atoms with Gasteiger partial charge in [0.1, 0.15) is 16.9 Å². The Bertz CT molecular complexity index is 568. The number of hydrogen-bond donors (Lipinski definition) is 2. The van der Waals surface area contributed by atoms with Gasteiger partial charge < -0.3 is 11.5 Å². The van der Waals surface area contributed by atoms with E-state index in [2.05, 4.69) is 9.97 Å². The lowest BCUT2D eigenvalue weighted by molar-refractivity contribution is -0.140. The van der Waals surface area contributed by atoms with Gasteiger partial charge >= 0.3 is 0 Å². The van der Waals surface area contributed by atoms with Gasteiger partial charge in [-0.05, 0) is 12.8 Å². The standard InChI is InChI=1S/C13H17N5O2S/c14-9-6-10(15)17-13(16-9)21-8-5-11(19)18(12(8)20)7-3-1-2-4-7/h6-8H,1-5H2,(H4,14,15,16,17). The lowest BCUT2D eigenvalue weighted by atomic mass is 10.2. The van der Waals surface area contributed by atoms with Gasteiger partial charge in [-0.1, -0.05) is 24.6 Å². The van der Waals surface area contributed by atoms with Crippen LogP contribution in [0, 0.1) is 0 Å². The van der Waals surface area contributed by atoms with Crippen LogP contribution in [0.25, 0.3) is 0 Å². The monoisotopic (exact) mass is 307 g/mol. The molecule has 7 nitrogen and oxygen atoms in total. The average molecular weight is 307 g/mol. The molecular weight excluding hydrogens is 290 g/mol. The van der Waals surface area contributed by atoms with Crippen molar-refractivity contribution >= 4 is 35.2 Å². The van der Waals surface area contributed by atoms with Gasteiger partial charge in [-0.2, -0.15) is 0 Å². The molecule has 1 saturated heterocycles. The van der Waals surface area contributed by atoms with Crippen LogP contribution in [0.1, 0.15) is 32.1 Å². The molecule has 1 aromatic rings. The molecule has 0 spiro atoms. The number of nitrogen functional groups attached to an aromatic ring is 2. The van der Waals surface area contributed by atoms with Crippen molar-refractivity contribution in [2.75, 3.05) is 11.5 Å². The highest BCUT2D eigenvalue weighted by atomic mass is 32.2. The molecule has 8 heteroatoms. The molecule has 2 aliphatic rings. The van der Waals surface area contributed by atoms with E-state index in [0.717, 1.165) is 37.4 Å². The van der Waals surface area contributed by atoms with E-state index in [9.17, 15) is 9.59 Å². The Balaban J connectivity index is 1.74. The Morgan fingerprint density at radius 1 is 1.14 bits per heavy atom. The molecule has 1 aliphatic carbocycles. The fraction of sp³-hybridized carbons (Fsp3) is 0.538. The molecule has 1 aromatic heterocycles. The van der Waals surface area contributed by atoms with Gasteiger partial charge in [0.2, 0.25) is 11.8 Å². The first-order valence-corrected chi connectivity index (χ1v) is 7.85. The number of anilines is 2. The number of rotatable bonds is 3. The maximum Gasteiger partial charge on any atom is 0.243 e. The van der Waals surface area contributed by atoms with Gasteiger partial charge in [-0.3, -0.25) is 14.5 Å². The Morgan fingerprint density at radius 3 is 2.38 bits per heavy atom. The second kappa shape index (κ2) is 5.51. The third-order valence-electron chi connectivity index (χ3n) is 3.82. The van der Waals surface area contributed by atoms with E-state index in [0.29, 0.717) is 5.16 Å². The van der Waals surface area contributed by atoms with Crippen LogP contribution in [-0.2, 0) is 9.59 Å². The Hall–Kier alpha value is -1.83. The number of imide groups is 1. The zero-order chi connectivity index (χ0) is 15.0. The van der Waals surface area contributed by atoms with Crippen molar-refractivity contribution in [1.82, 2.24) is 14.9 Å². The van der Waals surface area contributed by atoms with E-state index >= 15 is 0 Å². The first kappa shape index (κ1) is 14.1.